The number of carbonyl (C=O) groups excluding carboxylic acids is 1. The van der Waals surface area contributed by atoms with Crippen LogP contribution >= 0.6 is 0 Å². The van der Waals surface area contributed by atoms with Crippen molar-refractivity contribution in [1.29, 1.82) is 0 Å². The molecule has 2 aliphatic heterocycles. The Bertz CT molecular complexity index is 981. The van der Waals surface area contributed by atoms with Crippen LogP contribution < -0.4 is 5.32 Å². The van der Waals surface area contributed by atoms with Crippen LogP contribution in [0.15, 0.2) is 24.5 Å². The fourth-order valence-electron chi connectivity index (χ4n) is 5.18. The Morgan fingerprint density at radius 2 is 2.03 bits per heavy atom. The Hall–Kier alpha value is -2.69. The molecule has 0 bridgehead atoms. The molecule has 1 spiro atoms. The Morgan fingerprint density at radius 1 is 1.25 bits per heavy atom. The van der Waals surface area contributed by atoms with Crippen molar-refractivity contribution >= 4 is 6.03 Å². The summed E-state index contributed by atoms with van der Waals surface area (Å²) >= 11 is 0. The minimum absolute atomic E-state index is 0.0564. The molecule has 1 aromatic heterocycles. The lowest BCUT2D eigenvalue weighted by Gasteiger charge is -2.59. The summed E-state index contributed by atoms with van der Waals surface area (Å²) in [6.45, 7) is 2.95. The predicted octanol–water partition coefficient (Wildman–Crippen LogP) is 3.13. The van der Waals surface area contributed by atoms with Crippen molar-refractivity contribution in [3.05, 3.63) is 47.3 Å². The second-order valence-corrected chi connectivity index (χ2v) is 9.23. The summed E-state index contributed by atoms with van der Waals surface area (Å²) in [4.78, 5) is 20.7. The van der Waals surface area contributed by atoms with E-state index in [2.05, 4.69) is 20.5 Å². The van der Waals surface area contributed by atoms with Gasteiger partial charge in [0.2, 0.25) is 0 Å². The number of halogens is 4. The van der Waals surface area contributed by atoms with Gasteiger partial charge in [-0.05, 0) is 31.4 Å². The number of aromatic amines is 1. The quantitative estimate of drug-likeness (QED) is 0.699. The van der Waals surface area contributed by atoms with Gasteiger partial charge in [-0.3, -0.25) is 5.10 Å². The van der Waals surface area contributed by atoms with E-state index in [1.165, 1.54) is 12.4 Å². The maximum Gasteiger partial charge on any atom is 0.416 e. The standard InChI is InChI=1S/C21H24F4N6O/c22-17-5-15(21(23,24)25)2-1-13(17)8-26-16-6-20(7-16)10-31(11-20)19(32)30-4-3-14(9-30)18-27-12-28-29-18/h1-2,5,12,14,16,26H,3-4,6-11H2,(H,27,28,29). The summed E-state index contributed by atoms with van der Waals surface area (Å²) in [5.74, 6) is 0.161. The zero-order valence-electron chi connectivity index (χ0n) is 17.3. The lowest BCUT2D eigenvalue weighted by molar-refractivity contribution is -0.137. The molecule has 5 rings (SSSR count). The molecule has 1 aromatic carbocycles. The first-order chi connectivity index (χ1) is 15.2. The highest BCUT2D eigenvalue weighted by atomic mass is 19.4. The van der Waals surface area contributed by atoms with Crippen LogP contribution in [0.1, 0.15) is 42.1 Å². The van der Waals surface area contributed by atoms with Gasteiger partial charge < -0.3 is 15.1 Å². The summed E-state index contributed by atoms with van der Waals surface area (Å²) < 4.78 is 52.0. The number of amides is 2. The number of nitrogens with one attached hydrogen (secondary N) is 2. The minimum Gasteiger partial charge on any atom is -0.324 e. The maximum atomic E-state index is 14.0. The molecule has 2 saturated heterocycles. The van der Waals surface area contributed by atoms with Crippen molar-refractivity contribution < 1.29 is 22.4 Å². The van der Waals surface area contributed by atoms with Crippen molar-refractivity contribution in [2.75, 3.05) is 26.2 Å². The molecule has 11 heteroatoms. The lowest BCUT2D eigenvalue weighted by atomic mass is 9.60. The zero-order valence-corrected chi connectivity index (χ0v) is 17.3. The fourth-order valence-corrected chi connectivity index (χ4v) is 5.18. The second kappa shape index (κ2) is 7.72. The molecule has 3 heterocycles. The summed E-state index contributed by atoms with van der Waals surface area (Å²) in [6, 6.07) is 2.87. The van der Waals surface area contributed by atoms with Crippen molar-refractivity contribution in [1.82, 2.24) is 30.3 Å². The molecule has 2 amide bonds. The Labute approximate surface area is 182 Å². The summed E-state index contributed by atoms with van der Waals surface area (Å²) in [7, 11) is 0. The maximum absolute atomic E-state index is 14.0. The second-order valence-electron chi connectivity index (χ2n) is 9.23. The van der Waals surface area contributed by atoms with Gasteiger partial charge in [-0.1, -0.05) is 6.07 Å². The highest BCUT2D eigenvalue weighted by molar-refractivity contribution is 5.76. The fraction of sp³-hybridized carbons (Fsp3) is 0.571. The number of alkyl halides is 3. The smallest absolute Gasteiger partial charge is 0.324 e. The first-order valence-corrected chi connectivity index (χ1v) is 10.7. The van der Waals surface area contributed by atoms with E-state index in [-0.39, 0.29) is 35.5 Å². The van der Waals surface area contributed by atoms with E-state index in [1.807, 2.05) is 9.80 Å². The highest BCUT2D eigenvalue weighted by Gasteiger charge is 2.54. The van der Waals surface area contributed by atoms with Crippen LogP contribution in [0, 0.1) is 11.2 Å². The molecular weight excluding hydrogens is 428 g/mol. The summed E-state index contributed by atoms with van der Waals surface area (Å²) in [6.07, 6.45) is -0.454. The Kier molecular flexibility index (Phi) is 5.11. The van der Waals surface area contributed by atoms with E-state index in [4.69, 9.17) is 0 Å². The van der Waals surface area contributed by atoms with E-state index in [9.17, 15) is 22.4 Å². The minimum atomic E-state index is -4.55. The predicted molar refractivity (Wildman–Crippen MR) is 106 cm³/mol. The van der Waals surface area contributed by atoms with Crippen LogP contribution in [-0.2, 0) is 12.7 Å². The zero-order chi connectivity index (χ0) is 22.5. The van der Waals surface area contributed by atoms with Gasteiger partial charge in [-0.15, -0.1) is 0 Å². The average Bonchev–Trinajstić information content (AvgIpc) is 3.37. The molecule has 3 fully saturated rings. The van der Waals surface area contributed by atoms with E-state index in [0.717, 1.165) is 31.2 Å². The van der Waals surface area contributed by atoms with Gasteiger partial charge in [0.25, 0.3) is 0 Å². The van der Waals surface area contributed by atoms with Crippen molar-refractivity contribution in [3.8, 4) is 0 Å². The molecule has 32 heavy (non-hydrogen) atoms. The normalized spacial score (nSPS) is 22.8. The molecule has 1 atom stereocenters. The molecule has 172 valence electrons. The van der Waals surface area contributed by atoms with Gasteiger partial charge >= 0.3 is 12.2 Å². The molecule has 3 aliphatic rings. The van der Waals surface area contributed by atoms with Crippen molar-refractivity contribution in [3.63, 3.8) is 0 Å². The largest absolute Gasteiger partial charge is 0.416 e. The third-order valence-corrected chi connectivity index (χ3v) is 6.92. The van der Waals surface area contributed by atoms with Crippen molar-refractivity contribution in [2.24, 2.45) is 5.41 Å². The Morgan fingerprint density at radius 3 is 2.69 bits per heavy atom. The van der Waals surface area contributed by atoms with Crippen LogP contribution in [0.5, 0.6) is 0 Å². The van der Waals surface area contributed by atoms with Crippen LogP contribution in [0.4, 0.5) is 22.4 Å². The monoisotopic (exact) mass is 452 g/mol. The molecule has 1 aliphatic carbocycles. The van der Waals surface area contributed by atoms with Gasteiger partial charge in [-0.25, -0.2) is 14.2 Å². The third-order valence-electron chi connectivity index (χ3n) is 6.92. The number of aromatic nitrogens is 3. The van der Waals surface area contributed by atoms with Crippen molar-refractivity contribution in [2.45, 2.75) is 43.9 Å². The topological polar surface area (TPSA) is 77.2 Å². The van der Waals surface area contributed by atoms with Gasteiger partial charge in [0, 0.05) is 55.7 Å². The molecule has 7 nitrogen and oxygen atoms in total. The average molecular weight is 452 g/mol. The van der Waals surface area contributed by atoms with Crippen LogP contribution in [-0.4, -0.2) is 63.2 Å². The van der Waals surface area contributed by atoms with Crippen LogP contribution in [0.25, 0.3) is 0 Å². The van der Waals surface area contributed by atoms with Crippen LogP contribution in [0.2, 0.25) is 0 Å². The number of carbonyl (C=O) groups is 1. The van der Waals surface area contributed by atoms with Gasteiger partial charge in [0.05, 0.1) is 5.56 Å². The van der Waals surface area contributed by atoms with Gasteiger partial charge in [-0.2, -0.15) is 18.3 Å². The molecule has 0 radical (unpaired) electrons. The first-order valence-electron chi connectivity index (χ1n) is 10.7. The number of likely N-dealkylation sites (tertiary alicyclic amines) is 2. The number of hydrogen-bond donors (Lipinski definition) is 2. The number of hydrogen-bond acceptors (Lipinski definition) is 4. The number of H-pyrrole nitrogens is 1. The number of nitrogens with zero attached hydrogens (tertiary/aromatic N) is 4. The van der Waals surface area contributed by atoms with E-state index >= 15 is 0 Å². The molecule has 1 saturated carbocycles. The van der Waals surface area contributed by atoms with E-state index in [0.29, 0.717) is 32.2 Å². The molecule has 1 unspecified atom stereocenters. The van der Waals surface area contributed by atoms with E-state index in [1.54, 1.807) is 0 Å². The van der Waals surface area contributed by atoms with Crippen LogP contribution in [0.3, 0.4) is 0 Å². The Balaban J connectivity index is 1.06. The summed E-state index contributed by atoms with van der Waals surface area (Å²) in [5.41, 5.74) is -0.652. The lowest BCUT2D eigenvalue weighted by Crippen LogP contribution is -2.68. The SMILES string of the molecule is O=C(N1CCC(c2ncn[nH]2)C1)N1CC2(CC(NCc3ccc(C(F)(F)F)cc3F)C2)C1. The molecule has 2 N–H and O–H groups in total. The van der Waals surface area contributed by atoms with Gasteiger partial charge in [0.1, 0.15) is 18.0 Å². The molecule has 2 aromatic rings. The van der Waals surface area contributed by atoms with E-state index < -0.39 is 17.6 Å². The number of rotatable bonds is 4. The third kappa shape index (κ3) is 3.94. The summed E-state index contributed by atoms with van der Waals surface area (Å²) in [5, 5.41) is 9.98. The number of benzene rings is 1. The van der Waals surface area contributed by atoms with Gasteiger partial charge in [0.15, 0.2) is 0 Å². The number of urea groups is 1. The molecular formula is C21H24F4N6O. The first kappa shape index (κ1) is 21.2. The highest BCUT2D eigenvalue weighted by Crippen LogP contribution is 2.49.